The topological polar surface area (TPSA) is 66.9 Å². The summed E-state index contributed by atoms with van der Waals surface area (Å²) in [7, 11) is 1.25. The Morgan fingerprint density at radius 1 is 1.13 bits per heavy atom. The number of hydrogen-bond donors (Lipinski definition) is 0. The van der Waals surface area contributed by atoms with Crippen LogP contribution >= 0.6 is 35.6 Å². The molecule has 0 radical (unpaired) electrons. The molecular weight excluding hydrogens is 456 g/mol. The number of benzene rings is 2. The summed E-state index contributed by atoms with van der Waals surface area (Å²) >= 11 is 12.3. The SMILES string of the molecule is COC(=O)[C@@H](C)N1C(=O)/C(=C2/C(=O)N(Cc3ccc(Cl)cc3)c3ccccc32)SC1=S. The Kier molecular flexibility index (Phi) is 5.88. The molecule has 2 heterocycles. The zero-order chi connectivity index (χ0) is 22.3. The summed E-state index contributed by atoms with van der Waals surface area (Å²) < 4.78 is 4.96. The number of nitrogens with zero attached hydrogens (tertiary/aromatic N) is 2. The van der Waals surface area contributed by atoms with Gasteiger partial charge in [0.05, 0.1) is 29.8 Å². The van der Waals surface area contributed by atoms with E-state index >= 15 is 0 Å². The van der Waals surface area contributed by atoms with E-state index in [1.165, 1.54) is 12.0 Å². The molecule has 31 heavy (non-hydrogen) atoms. The first-order valence-electron chi connectivity index (χ1n) is 9.36. The second-order valence-corrected chi connectivity index (χ2v) is 9.06. The Labute approximate surface area is 193 Å². The number of halogens is 1. The van der Waals surface area contributed by atoms with Crippen LogP contribution in [-0.2, 0) is 25.7 Å². The Balaban J connectivity index is 1.75. The first-order valence-corrected chi connectivity index (χ1v) is 11.0. The van der Waals surface area contributed by atoms with Crippen LogP contribution < -0.4 is 4.90 Å². The number of amides is 2. The van der Waals surface area contributed by atoms with Gasteiger partial charge in [-0.25, -0.2) is 4.79 Å². The molecule has 2 amide bonds. The lowest BCUT2D eigenvalue weighted by Gasteiger charge is -2.20. The number of carbonyl (C=O) groups is 3. The van der Waals surface area contributed by atoms with Gasteiger partial charge in [-0.2, -0.15) is 0 Å². The minimum atomic E-state index is -0.882. The maximum absolute atomic E-state index is 13.5. The molecule has 0 spiro atoms. The molecule has 0 aromatic heterocycles. The van der Waals surface area contributed by atoms with Crippen molar-refractivity contribution in [2.24, 2.45) is 0 Å². The molecule has 0 unspecified atom stereocenters. The predicted octanol–water partition coefficient (Wildman–Crippen LogP) is 4.02. The third-order valence-corrected chi connectivity index (χ3v) is 6.79. The van der Waals surface area contributed by atoms with Crippen LogP contribution in [0.3, 0.4) is 0 Å². The number of esters is 1. The van der Waals surface area contributed by atoms with E-state index in [9.17, 15) is 14.4 Å². The van der Waals surface area contributed by atoms with Gasteiger partial charge in [-0.05, 0) is 30.7 Å². The number of anilines is 1. The van der Waals surface area contributed by atoms with Gasteiger partial charge in [-0.1, -0.05) is 65.9 Å². The molecule has 2 aliphatic rings. The molecule has 0 aliphatic carbocycles. The number of hydrogen-bond acceptors (Lipinski definition) is 6. The molecule has 2 aliphatic heterocycles. The van der Waals surface area contributed by atoms with Crippen molar-refractivity contribution in [1.82, 2.24) is 4.90 Å². The largest absolute Gasteiger partial charge is 0.467 e. The van der Waals surface area contributed by atoms with Crippen molar-refractivity contribution in [3.8, 4) is 0 Å². The smallest absolute Gasteiger partial charge is 0.328 e. The molecule has 2 aromatic rings. The van der Waals surface area contributed by atoms with Gasteiger partial charge in [-0.3, -0.25) is 14.5 Å². The summed E-state index contributed by atoms with van der Waals surface area (Å²) in [6.45, 7) is 1.87. The fourth-order valence-corrected chi connectivity index (χ4v) is 5.19. The molecule has 1 saturated heterocycles. The highest BCUT2D eigenvalue weighted by Crippen LogP contribution is 2.45. The third-order valence-electron chi connectivity index (χ3n) is 5.13. The quantitative estimate of drug-likeness (QED) is 0.380. The third kappa shape index (κ3) is 3.75. The summed E-state index contributed by atoms with van der Waals surface area (Å²) in [5.74, 6) is -1.34. The maximum atomic E-state index is 13.5. The number of fused-ring (bicyclic) bond motifs is 1. The van der Waals surface area contributed by atoms with Crippen molar-refractivity contribution < 1.29 is 19.1 Å². The lowest BCUT2D eigenvalue weighted by Crippen LogP contribution is -2.42. The van der Waals surface area contributed by atoms with Gasteiger partial charge in [-0.15, -0.1) is 0 Å². The van der Waals surface area contributed by atoms with Crippen molar-refractivity contribution in [1.29, 1.82) is 0 Å². The van der Waals surface area contributed by atoms with Crippen molar-refractivity contribution in [3.05, 3.63) is 69.6 Å². The van der Waals surface area contributed by atoms with Gasteiger partial charge in [0.2, 0.25) is 0 Å². The van der Waals surface area contributed by atoms with E-state index < -0.39 is 17.9 Å². The number of thiocarbonyl (C=S) groups is 1. The summed E-state index contributed by atoms with van der Waals surface area (Å²) in [6, 6.07) is 13.7. The van der Waals surface area contributed by atoms with E-state index in [4.69, 9.17) is 28.6 Å². The molecule has 2 aromatic carbocycles. The molecule has 158 valence electrons. The minimum absolute atomic E-state index is 0.215. The minimum Gasteiger partial charge on any atom is -0.467 e. The van der Waals surface area contributed by atoms with Gasteiger partial charge in [0, 0.05) is 10.6 Å². The zero-order valence-electron chi connectivity index (χ0n) is 16.6. The van der Waals surface area contributed by atoms with E-state index in [0.29, 0.717) is 28.4 Å². The van der Waals surface area contributed by atoms with Crippen LogP contribution in [0.2, 0.25) is 5.02 Å². The monoisotopic (exact) mass is 472 g/mol. The molecule has 0 saturated carbocycles. The highest BCUT2D eigenvalue weighted by Gasteiger charge is 2.44. The highest BCUT2D eigenvalue weighted by atomic mass is 35.5. The number of para-hydroxylation sites is 1. The van der Waals surface area contributed by atoms with E-state index in [1.54, 1.807) is 30.0 Å². The standard InChI is InChI=1S/C22H17ClN2O4S2/c1-12(21(28)29-2)25-20(27)18(31-22(25)30)17-15-5-3-4-6-16(15)24(19(17)26)11-13-7-9-14(23)10-8-13/h3-10,12H,11H2,1-2H3/b18-17-/t12-/m1/s1. The average molecular weight is 473 g/mol. The van der Waals surface area contributed by atoms with Gasteiger partial charge in [0.15, 0.2) is 0 Å². The average Bonchev–Trinajstić information content (AvgIpc) is 3.21. The second kappa shape index (κ2) is 8.45. The zero-order valence-corrected chi connectivity index (χ0v) is 19.0. The number of thioether (sulfide) groups is 1. The summed E-state index contributed by atoms with van der Waals surface area (Å²) in [5, 5.41) is 0.612. The first-order chi connectivity index (χ1) is 14.8. The molecule has 6 nitrogen and oxygen atoms in total. The van der Waals surface area contributed by atoms with Crippen LogP contribution in [0.25, 0.3) is 5.57 Å². The fourth-order valence-electron chi connectivity index (χ4n) is 3.57. The Hall–Kier alpha value is -2.68. The molecule has 0 bridgehead atoms. The van der Waals surface area contributed by atoms with E-state index in [0.717, 1.165) is 17.3 Å². The van der Waals surface area contributed by atoms with Crippen LogP contribution in [0.5, 0.6) is 0 Å². The maximum Gasteiger partial charge on any atom is 0.328 e. The van der Waals surface area contributed by atoms with Gasteiger partial charge < -0.3 is 9.64 Å². The van der Waals surface area contributed by atoms with Crippen molar-refractivity contribution >= 4 is 68.9 Å². The summed E-state index contributed by atoms with van der Waals surface area (Å²) in [6.07, 6.45) is 0. The number of rotatable bonds is 4. The molecule has 1 fully saturated rings. The van der Waals surface area contributed by atoms with Crippen LogP contribution in [0.15, 0.2) is 53.4 Å². The van der Waals surface area contributed by atoms with Crippen LogP contribution in [0, 0.1) is 0 Å². The van der Waals surface area contributed by atoms with Gasteiger partial charge in [0.25, 0.3) is 11.8 Å². The molecule has 4 rings (SSSR count). The highest BCUT2D eigenvalue weighted by molar-refractivity contribution is 8.26. The molecular formula is C22H17ClN2O4S2. The Bertz CT molecular complexity index is 1150. The van der Waals surface area contributed by atoms with E-state index in [1.807, 2.05) is 30.3 Å². The second-order valence-electron chi connectivity index (χ2n) is 6.98. The number of methoxy groups -OCH3 is 1. The summed E-state index contributed by atoms with van der Waals surface area (Å²) in [5.41, 5.74) is 2.57. The van der Waals surface area contributed by atoms with Crippen LogP contribution in [-0.4, -0.2) is 40.2 Å². The lowest BCUT2D eigenvalue weighted by molar-refractivity contribution is -0.147. The Morgan fingerprint density at radius 3 is 2.48 bits per heavy atom. The first kappa shape index (κ1) is 21.5. The summed E-state index contributed by atoms with van der Waals surface area (Å²) in [4.78, 5) is 41.7. The normalized spacial score (nSPS) is 19.1. The van der Waals surface area contributed by atoms with Crippen molar-refractivity contribution in [2.75, 3.05) is 12.0 Å². The lowest BCUT2D eigenvalue weighted by atomic mass is 10.1. The predicted molar refractivity (Wildman–Crippen MR) is 125 cm³/mol. The Morgan fingerprint density at radius 2 is 1.81 bits per heavy atom. The molecule has 9 heteroatoms. The van der Waals surface area contributed by atoms with Crippen molar-refractivity contribution in [2.45, 2.75) is 19.5 Å². The molecule has 1 atom stereocenters. The van der Waals surface area contributed by atoms with E-state index in [-0.39, 0.29) is 15.1 Å². The van der Waals surface area contributed by atoms with E-state index in [2.05, 4.69) is 0 Å². The number of carbonyl (C=O) groups excluding carboxylic acids is 3. The number of ether oxygens (including phenoxy) is 1. The van der Waals surface area contributed by atoms with Crippen molar-refractivity contribution in [3.63, 3.8) is 0 Å². The van der Waals surface area contributed by atoms with Crippen LogP contribution in [0.4, 0.5) is 5.69 Å². The van der Waals surface area contributed by atoms with Gasteiger partial charge >= 0.3 is 5.97 Å². The van der Waals surface area contributed by atoms with Crippen LogP contribution in [0.1, 0.15) is 18.1 Å². The molecule has 0 N–H and O–H groups in total. The van der Waals surface area contributed by atoms with Gasteiger partial charge in [0.1, 0.15) is 10.4 Å². The fraction of sp³-hybridized carbons (Fsp3) is 0.182.